The largest absolute Gasteiger partial charge is 0.298 e. The first-order chi connectivity index (χ1) is 5.29. The van der Waals surface area contributed by atoms with Crippen molar-refractivity contribution >= 4 is 5.78 Å². The van der Waals surface area contributed by atoms with Gasteiger partial charge in [-0.15, -0.1) is 0 Å². The van der Waals surface area contributed by atoms with Crippen molar-refractivity contribution in [3.05, 3.63) is 0 Å². The summed E-state index contributed by atoms with van der Waals surface area (Å²) in [6.45, 7) is 1.13. The summed E-state index contributed by atoms with van der Waals surface area (Å²) in [7, 11) is 2.08. The lowest BCUT2D eigenvalue weighted by molar-refractivity contribution is -0.125. The van der Waals surface area contributed by atoms with Crippen LogP contribution in [0.1, 0.15) is 25.7 Å². The minimum absolute atomic E-state index is 0.295. The molecule has 62 valence electrons. The minimum Gasteiger partial charge on any atom is -0.298 e. The first kappa shape index (κ1) is 7.29. The molecule has 11 heavy (non-hydrogen) atoms. The molecular weight excluding hydrogens is 138 g/mol. The van der Waals surface area contributed by atoms with E-state index in [1.54, 1.807) is 0 Å². The Morgan fingerprint density at radius 2 is 2.27 bits per heavy atom. The number of fused-ring (bicyclic) bond motifs is 1. The van der Waals surface area contributed by atoms with E-state index in [1.165, 1.54) is 12.8 Å². The lowest BCUT2D eigenvalue weighted by Crippen LogP contribution is -2.39. The van der Waals surface area contributed by atoms with E-state index < -0.39 is 0 Å². The van der Waals surface area contributed by atoms with Crippen LogP contribution in [-0.4, -0.2) is 30.3 Å². The first-order valence-corrected chi connectivity index (χ1v) is 4.52. The van der Waals surface area contributed by atoms with Crippen molar-refractivity contribution < 1.29 is 4.79 Å². The average Bonchev–Trinajstić information content (AvgIpc) is 2.34. The zero-order valence-electron chi connectivity index (χ0n) is 7.05. The Bertz CT molecular complexity index is 176. The highest BCUT2D eigenvalue weighted by Gasteiger charge is 2.38. The van der Waals surface area contributed by atoms with Gasteiger partial charge in [-0.3, -0.25) is 9.69 Å². The molecule has 0 bridgehead atoms. The summed E-state index contributed by atoms with van der Waals surface area (Å²) in [6.07, 6.45) is 4.48. The highest BCUT2D eigenvalue weighted by Crippen LogP contribution is 2.32. The van der Waals surface area contributed by atoms with Crippen LogP contribution in [0, 0.1) is 5.92 Å². The van der Waals surface area contributed by atoms with Crippen LogP contribution in [0.5, 0.6) is 0 Å². The van der Waals surface area contributed by atoms with Crippen LogP contribution >= 0.6 is 0 Å². The Labute approximate surface area is 67.6 Å². The molecule has 1 saturated carbocycles. The molecule has 0 amide bonds. The van der Waals surface area contributed by atoms with Crippen LogP contribution in [0.3, 0.4) is 0 Å². The predicted molar refractivity (Wildman–Crippen MR) is 43.4 cm³/mol. The van der Waals surface area contributed by atoms with Gasteiger partial charge in [0.05, 0.1) is 6.04 Å². The quantitative estimate of drug-likeness (QED) is 0.518. The molecule has 0 unspecified atom stereocenters. The molecule has 2 atom stereocenters. The molecule has 1 aliphatic heterocycles. The number of hydrogen-bond donors (Lipinski definition) is 0. The fourth-order valence-electron chi connectivity index (χ4n) is 2.52. The van der Waals surface area contributed by atoms with Crippen LogP contribution in [0.2, 0.25) is 0 Å². The van der Waals surface area contributed by atoms with E-state index in [-0.39, 0.29) is 0 Å². The van der Waals surface area contributed by atoms with Gasteiger partial charge in [-0.1, -0.05) is 0 Å². The molecule has 0 radical (unpaired) electrons. The Morgan fingerprint density at radius 1 is 1.45 bits per heavy atom. The topological polar surface area (TPSA) is 20.3 Å². The summed E-state index contributed by atoms with van der Waals surface area (Å²) in [5, 5.41) is 0. The smallest absolute Gasteiger partial charge is 0.150 e. The van der Waals surface area contributed by atoms with Crippen molar-refractivity contribution in [1.82, 2.24) is 4.90 Å². The Hall–Kier alpha value is -0.370. The van der Waals surface area contributed by atoms with E-state index >= 15 is 0 Å². The number of likely N-dealkylation sites (N-methyl/N-ethyl adjacent to an activating group) is 1. The summed E-state index contributed by atoms with van der Waals surface area (Å²) in [4.78, 5) is 13.7. The van der Waals surface area contributed by atoms with Gasteiger partial charge in [-0.25, -0.2) is 0 Å². The maximum absolute atomic E-state index is 11.4. The van der Waals surface area contributed by atoms with Crippen LogP contribution in [0.4, 0.5) is 0 Å². The highest BCUT2D eigenvalue weighted by molar-refractivity contribution is 5.85. The van der Waals surface area contributed by atoms with Crippen molar-refractivity contribution in [3.63, 3.8) is 0 Å². The molecular formula is C9H15NO. The molecule has 2 aliphatic rings. The number of hydrogen-bond acceptors (Lipinski definition) is 2. The molecule has 1 heterocycles. The van der Waals surface area contributed by atoms with E-state index in [4.69, 9.17) is 0 Å². The molecule has 2 fully saturated rings. The maximum Gasteiger partial charge on any atom is 0.150 e. The van der Waals surface area contributed by atoms with E-state index in [9.17, 15) is 4.79 Å². The number of carbonyl (C=O) groups is 1. The van der Waals surface area contributed by atoms with Gasteiger partial charge >= 0.3 is 0 Å². The third-order valence-corrected chi connectivity index (χ3v) is 3.10. The second-order valence-electron chi connectivity index (χ2n) is 3.83. The molecule has 2 nitrogen and oxygen atoms in total. The molecule has 0 spiro atoms. The molecule has 1 saturated heterocycles. The van der Waals surface area contributed by atoms with Crippen molar-refractivity contribution in [3.8, 4) is 0 Å². The summed E-state index contributed by atoms with van der Waals surface area (Å²) in [6, 6.07) is 0.295. The summed E-state index contributed by atoms with van der Waals surface area (Å²) >= 11 is 0. The van der Waals surface area contributed by atoms with Crippen molar-refractivity contribution in [2.75, 3.05) is 13.6 Å². The number of Topliss-reactive ketones (excluding diaryl/α,β-unsaturated/α-hetero) is 1. The highest BCUT2D eigenvalue weighted by atomic mass is 16.1. The molecule has 0 N–H and O–H groups in total. The molecule has 2 heteroatoms. The number of ketones is 1. The van der Waals surface area contributed by atoms with Crippen LogP contribution in [0.25, 0.3) is 0 Å². The SMILES string of the molecule is CN1CC[C@H]2CCCC(=O)[C@H]21. The predicted octanol–water partition coefficient (Wildman–Crippen LogP) is 1.06. The van der Waals surface area contributed by atoms with E-state index in [0.29, 0.717) is 17.7 Å². The molecule has 0 aromatic heterocycles. The number of carbonyl (C=O) groups excluding carboxylic acids is 1. The second-order valence-corrected chi connectivity index (χ2v) is 3.83. The number of likely N-dealkylation sites (tertiary alicyclic amines) is 1. The van der Waals surface area contributed by atoms with Gasteiger partial charge in [0, 0.05) is 6.42 Å². The Kier molecular flexibility index (Phi) is 1.72. The lowest BCUT2D eigenvalue weighted by atomic mass is 9.84. The van der Waals surface area contributed by atoms with Gasteiger partial charge in [-0.05, 0) is 38.8 Å². The van der Waals surface area contributed by atoms with Gasteiger partial charge in [0.1, 0.15) is 5.78 Å². The normalized spacial score (nSPS) is 39.2. The Balaban J connectivity index is 2.14. The third kappa shape index (κ3) is 1.09. The van der Waals surface area contributed by atoms with E-state index in [1.807, 2.05) is 0 Å². The first-order valence-electron chi connectivity index (χ1n) is 4.52. The zero-order chi connectivity index (χ0) is 7.84. The fourth-order valence-corrected chi connectivity index (χ4v) is 2.52. The van der Waals surface area contributed by atoms with Gasteiger partial charge in [0.25, 0.3) is 0 Å². The van der Waals surface area contributed by atoms with Crippen LogP contribution in [0.15, 0.2) is 0 Å². The van der Waals surface area contributed by atoms with Crippen LogP contribution in [-0.2, 0) is 4.79 Å². The fraction of sp³-hybridized carbons (Fsp3) is 0.889. The number of rotatable bonds is 0. The van der Waals surface area contributed by atoms with Crippen molar-refractivity contribution in [2.24, 2.45) is 5.92 Å². The lowest BCUT2D eigenvalue weighted by Gasteiger charge is -2.27. The minimum atomic E-state index is 0.295. The second kappa shape index (κ2) is 2.59. The summed E-state index contributed by atoms with van der Waals surface area (Å²) < 4.78 is 0. The zero-order valence-corrected chi connectivity index (χ0v) is 7.05. The van der Waals surface area contributed by atoms with E-state index in [2.05, 4.69) is 11.9 Å². The molecule has 0 aromatic rings. The van der Waals surface area contributed by atoms with Gasteiger partial charge in [-0.2, -0.15) is 0 Å². The summed E-state index contributed by atoms with van der Waals surface area (Å²) in [5.41, 5.74) is 0. The van der Waals surface area contributed by atoms with E-state index in [0.717, 1.165) is 19.4 Å². The molecule has 1 aliphatic carbocycles. The van der Waals surface area contributed by atoms with Crippen molar-refractivity contribution in [2.45, 2.75) is 31.7 Å². The molecule has 0 aromatic carbocycles. The Morgan fingerprint density at radius 3 is 3.00 bits per heavy atom. The number of nitrogens with zero attached hydrogens (tertiary/aromatic N) is 1. The van der Waals surface area contributed by atoms with Gasteiger partial charge in [0.15, 0.2) is 0 Å². The van der Waals surface area contributed by atoms with Gasteiger partial charge in [0.2, 0.25) is 0 Å². The monoisotopic (exact) mass is 153 g/mol. The van der Waals surface area contributed by atoms with Crippen molar-refractivity contribution in [1.29, 1.82) is 0 Å². The summed E-state index contributed by atoms with van der Waals surface area (Å²) in [5.74, 6) is 1.18. The van der Waals surface area contributed by atoms with Gasteiger partial charge < -0.3 is 0 Å². The van der Waals surface area contributed by atoms with Crippen LogP contribution < -0.4 is 0 Å². The molecule has 2 rings (SSSR count). The standard InChI is InChI=1S/C9H15NO/c1-10-6-5-7-3-2-4-8(11)9(7)10/h7,9H,2-6H2,1H3/t7-,9+/m1/s1. The third-order valence-electron chi connectivity index (χ3n) is 3.10. The maximum atomic E-state index is 11.4. The average molecular weight is 153 g/mol.